The molecule has 3 rings (SSSR count). The summed E-state index contributed by atoms with van der Waals surface area (Å²) in [4.78, 5) is 38.7. The number of nitro groups is 2. The quantitative estimate of drug-likeness (QED) is 0.386. The van der Waals surface area contributed by atoms with E-state index in [0.29, 0.717) is 10.6 Å². The maximum absolute atomic E-state index is 12.8. The molecule has 9 nitrogen and oxygen atoms in total. The van der Waals surface area contributed by atoms with Crippen molar-refractivity contribution in [2.24, 2.45) is 4.99 Å². The molecular formula is C19H17N3O6S. The molecule has 0 fully saturated rings. The smallest absolute Gasteiger partial charge is 0.335 e. The number of rotatable bonds is 7. The molecule has 2 aromatic rings. The summed E-state index contributed by atoms with van der Waals surface area (Å²) in [5, 5.41) is 22.9. The fourth-order valence-electron chi connectivity index (χ4n) is 3.26. The number of carbonyl (C=O) groups excluding carboxylic acids is 1. The number of nitrogens with zero attached hydrogens (tertiary/aromatic N) is 3. The summed E-state index contributed by atoms with van der Waals surface area (Å²) in [6.45, 7) is -0.570. The minimum absolute atomic E-state index is 0.144. The number of thioether (sulfide) groups is 1. The average molecular weight is 415 g/mol. The van der Waals surface area contributed by atoms with E-state index >= 15 is 0 Å². The Morgan fingerprint density at radius 3 is 2.38 bits per heavy atom. The molecule has 0 N–H and O–H groups in total. The van der Waals surface area contributed by atoms with E-state index < -0.39 is 33.8 Å². The molecule has 1 aliphatic rings. The maximum atomic E-state index is 12.8. The molecule has 0 aliphatic carbocycles. The van der Waals surface area contributed by atoms with Crippen molar-refractivity contribution < 1.29 is 19.4 Å². The average Bonchev–Trinajstić information content (AvgIpc) is 3.18. The third-order valence-corrected chi connectivity index (χ3v) is 5.89. The first-order valence-corrected chi connectivity index (χ1v) is 9.58. The number of aliphatic imine (C=N–C) groups is 1. The van der Waals surface area contributed by atoms with Crippen LogP contribution >= 0.6 is 11.8 Å². The zero-order valence-electron chi connectivity index (χ0n) is 15.4. The molecule has 1 heterocycles. The summed E-state index contributed by atoms with van der Waals surface area (Å²) in [6, 6.07) is 14.6. The zero-order chi connectivity index (χ0) is 21.0. The van der Waals surface area contributed by atoms with Gasteiger partial charge in [-0.1, -0.05) is 42.5 Å². The molecule has 10 heteroatoms. The van der Waals surface area contributed by atoms with Crippen molar-refractivity contribution in [2.45, 2.75) is 11.5 Å². The van der Waals surface area contributed by atoms with Crippen LogP contribution in [0.4, 0.5) is 5.69 Å². The molecular weight excluding hydrogens is 398 g/mol. The van der Waals surface area contributed by atoms with Crippen molar-refractivity contribution in [1.82, 2.24) is 0 Å². The van der Waals surface area contributed by atoms with E-state index in [0.717, 1.165) is 5.56 Å². The minimum Gasteiger partial charge on any atom is -0.467 e. The number of esters is 1. The molecule has 0 spiro atoms. The minimum atomic E-state index is -1.51. The molecule has 0 saturated carbocycles. The first-order valence-electron chi connectivity index (χ1n) is 8.60. The van der Waals surface area contributed by atoms with Gasteiger partial charge in [-0.15, -0.1) is 11.8 Å². The van der Waals surface area contributed by atoms with E-state index in [1.165, 1.54) is 43.1 Å². The van der Waals surface area contributed by atoms with Gasteiger partial charge in [0.1, 0.15) is 0 Å². The predicted molar refractivity (Wildman–Crippen MR) is 108 cm³/mol. The summed E-state index contributed by atoms with van der Waals surface area (Å²) >= 11 is 1.32. The van der Waals surface area contributed by atoms with Gasteiger partial charge in [0.15, 0.2) is 5.54 Å². The topological polar surface area (TPSA) is 125 Å². The normalized spacial score (nSPS) is 19.3. The van der Waals surface area contributed by atoms with Gasteiger partial charge in [-0.05, 0) is 5.56 Å². The first-order chi connectivity index (χ1) is 13.9. The summed E-state index contributed by atoms with van der Waals surface area (Å²) in [7, 11) is 1.21. The van der Waals surface area contributed by atoms with Crippen LogP contribution in [0.3, 0.4) is 0 Å². The zero-order valence-corrected chi connectivity index (χ0v) is 16.2. The summed E-state index contributed by atoms with van der Waals surface area (Å²) in [5.74, 6) is -1.46. The standard InChI is InChI=1S/C19H17N3O6S/c1-28-18(23)19(12-29-17(20-19)14-5-3-2-4-6-14)16(11-21(24)25)13-7-9-15(10-8-13)22(26)27/h2-10,16H,11-12H2,1H3/t16-,19-/m0/s1. The first kappa shape index (κ1) is 20.5. The number of ether oxygens (including phenoxy) is 1. The number of hydrogen-bond acceptors (Lipinski definition) is 8. The van der Waals surface area contributed by atoms with Crippen molar-refractivity contribution >= 4 is 28.5 Å². The van der Waals surface area contributed by atoms with Crippen LogP contribution < -0.4 is 0 Å². The number of methoxy groups -OCH3 is 1. The Morgan fingerprint density at radius 2 is 1.83 bits per heavy atom. The monoisotopic (exact) mass is 415 g/mol. The van der Waals surface area contributed by atoms with E-state index in [-0.39, 0.29) is 11.4 Å². The van der Waals surface area contributed by atoms with E-state index in [9.17, 15) is 25.0 Å². The second-order valence-electron chi connectivity index (χ2n) is 6.40. The molecule has 1 aliphatic heterocycles. The number of non-ortho nitro benzene ring substituents is 1. The number of hydrogen-bond donors (Lipinski definition) is 0. The van der Waals surface area contributed by atoms with Crippen LogP contribution in [0.25, 0.3) is 0 Å². The number of nitro benzene ring substituents is 1. The Hall–Kier alpha value is -3.27. The molecule has 0 bridgehead atoms. The molecule has 150 valence electrons. The van der Waals surface area contributed by atoms with Gasteiger partial charge in [-0.3, -0.25) is 25.2 Å². The van der Waals surface area contributed by atoms with E-state index in [1.807, 2.05) is 30.3 Å². The van der Waals surface area contributed by atoms with Gasteiger partial charge in [0.2, 0.25) is 6.54 Å². The van der Waals surface area contributed by atoms with Gasteiger partial charge < -0.3 is 4.74 Å². The fraction of sp³-hybridized carbons (Fsp3) is 0.263. The van der Waals surface area contributed by atoms with E-state index in [1.54, 1.807) is 0 Å². The van der Waals surface area contributed by atoms with Gasteiger partial charge in [-0.25, -0.2) is 4.79 Å². The lowest BCUT2D eigenvalue weighted by molar-refractivity contribution is -0.484. The fourth-order valence-corrected chi connectivity index (χ4v) is 4.53. The highest BCUT2D eigenvalue weighted by atomic mass is 32.2. The number of carbonyl (C=O) groups is 1. The molecule has 29 heavy (non-hydrogen) atoms. The summed E-state index contributed by atoms with van der Waals surface area (Å²) in [5.41, 5.74) is -0.438. The second kappa shape index (κ2) is 8.39. The Kier molecular flexibility index (Phi) is 5.92. The van der Waals surface area contributed by atoms with Crippen molar-refractivity contribution in [3.63, 3.8) is 0 Å². The SMILES string of the molecule is COC(=O)[C@@]1([C@@H](C[N+](=O)[O-])c2ccc([N+](=O)[O-])cc2)CSC(c2ccccc2)=N1. The molecule has 2 aromatic carbocycles. The lowest BCUT2D eigenvalue weighted by Crippen LogP contribution is -2.47. The molecule has 0 saturated heterocycles. The van der Waals surface area contributed by atoms with Crippen LogP contribution in [0.2, 0.25) is 0 Å². The lowest BCUT2D eigenvalue weighted by atomic mass is 9.80. The van der Waals surface area contributed by atoms with Gasteiger partial charge in [-0.2, -0.15) is 0 Å². The highest BCUT2D eigenvalue weighted by Gasteiger charge is 2.53. The largest absolute Gasteiger partial charge is 0.467 e. The third-order valence-electron chi connectivity index (χ3n) is 4.70. The Bertz CT molecular complexity index is 964. The second-order valence-corrected chi connectivity index (χ2v) is 7.37. The van der Waals surface area contributed by atoms with E-state index in [2.05, 4.69) is 4.99 Å². The molecule has 0 aromatic heterocycles. The molecule has 0 unspecified atom stereocenters. The third kappa shape index (κ3) is 4.11. The van der Waals surface area contributed by atoms with Crippen LogP contribution in [-0.2, 0) is 9.53 Å². The Morgan fingerprint density at radius 1 is 1.17 bits per heavy atom. The van der Waals surface area contributed by atoms with Crippen molar-refractivity contribution in [3.8, 4) is 0 Å². The molecule has 0 amide bonds. The number of benzene rings is 2. The highest BCUT2D eigenvalue weighted by Crippen LogP contribution is 2.42. The van der Waals surface area contributed by atoms with Gasteiger partial charge in [0.25, 0.3) is 5.69 Å². The summed E-state index contributed by atoms with van der Waals surface area (Å²) in [6.07, 6.45) is 0. The van der Waals surface area contributed by atoms with Gasteiger partial charge >= 0.3 is 5.97 Å². The van der Waals surface area contributed by atoms with Crippen LogP contribution in [0.5, 0.6) is 0 Å². The molecule has 2 atom stereocenters. The van der Waals surface area contributed by atoms with Crippen LogP contribution in [0.15, 0.2) is 59.6 Å². The highest BCUT2D eigenvalue weighted by molar-refractivity contribution is 8.14. The maximum Gasteiger partial charge on any atom is 0.335 e. The van der Waals surface area contributed by atoms with Crippen LogP contribution in [0, 0.1) is 20.2 Å². The van der Waals surface area contributed by atoms with Gasteiger partial charge in [0, 0.05) is 28.4 Å². The van der Waals surface area contributed by atoms with Crippen molar-refractivity contribution in [3.05, 3.63) is 86.0 Å². The van der Waals surface area contributed by atoms with Crippen LogP contribution in [-0.4, -0.2) is 45.8 Å². The Labute approximate surface area is 170 Å². The van der Waals surface area contributed by atoms with E-state index in [4.69, 9.17) is 4.74 Å². The predicted octanol–water partition coefficient (Wildman–Crippen LogP) is 3.06. The molecule has 0 radical (unpaired) electrons. The lowest BCUT2D eigenvalue weighted by Gasteiger charge is -2.29. The van der Waals surface area contributed by atoms with Gasteiger partial charge in [0.05, 0.1) is 23.0 Å². The summed E-state index contributed by atoms with van der Waals surface area (Å²) < 4.78 is 4.98. The van der Waals surface area contributed by atoms with Crippen molar-refractivity contribution in [1.29, 1.82) is 0 Å². The van der Waals surface area contributed by atoms with Crippen LogP contribution in [0.1, 0.15) is 17.0 Å². The Balaban J connectivity index is 2.10. The van der Waals surface area contributed by atoms with Crippen molar-refractivity contribution in [2.75, 3.05) is 19.4 Å².